The first kappa shape index (κ1) is 12.9. The number of fused-ring (bicyclic) bond motifs is 1. The van der Waals surface area contributed by atoms with Crippen LogP contribution in [0, 0.1) is 5.41 Å². The summed E-state index contributed by atoms with van der Waals surface area (Å²) < 4.78 is 12.4. The number of ether oxygens (including phenoxy) is 2. The molecule has 2 aliphatic rings. The van der Waals surface area contributed by atoms with E-state index in [4.69, 9.17) is 15.2 Å². The number of carbonyl (C=O) groups is 1. The molecule has 0 amide bonds. The summed E-state index contributed by atoms with van der Waals surface area (Å²) in [5.74, 6) is 1.38. The molecule has 0 bridgehead atoms. The zero-order valence-corrected chi connectivity index (χ0v) is 12.2. The molecule has 1 heterocycles. The van der Waals surface area contributed by atoms with Crippen LogP contribution in [0.5, 0.6) is 11.5 Å². The van der Waals surface area contributed by atoms with Crippen LogP contribution in [-0.2, 0) is 0 Å². The third-order valence-corrected chi connectivity index (χ3v) is 4.31. The van der Waals surface area contributed by atoms with Crippen molar-refractivity contribution in [2.24, 2.45) is 11.1 Å². The van der Waals surface area contributed by atoms with Gasteiger partial charge in [-0.05, 0) is 47.4 Å². The average molecular weight is 326 g/mol. The van der Waals surface area contributed by atoms with E-state index in [1.165, 1.54) is 0 Å². The molecule has 0 atom stereocenters. The number of hydrogen-bond acceptors (Lipinski definition) is 4. The lowest BCUT2D eigenvalue weighted by Crippen LogP contribution is -2.17. The summed E-state index contributed by atoms with van der Waals surface area (Å²) in [6, 6.07) is 3.55. The van der Waals surface area contributed by atoms with Crippen LogP contribution < -0.4 is 15.2 Å². The minimum absolute atomic E-state index is 0.0278. The highest BCUT2D eigenvalue weighted by Gasteiger charge is 2.46. The Morgan fingerprint density at radius 2 is 2.05 bits per heavy atom. The Morgan fingerprint density at radius 3 is 2.74 bits per heavy atom. The van der Waals surface area contributed by atoms with Crippen LogP contribution in [0.25, 0.3) is 0 Å². The Kier molecular flexibility index (Phi) is 3.27. The third-order valence-electron chi connectivity index (χ3n) is 3.72. The first-order valence-corrected chi connectivity index (χ1v) is 7.25. The van der Waals surface area contributed by atoms with Gasteiger partial charge in [0.05, 0.1) is 17.7 Å². The van der Waals surface area contributed by atoms with Gasteiger partial charge in [0.25, 0.3) is 0 Å². The number of hydrogen-bond donors (Lipinski definition) is 1. The van der Waals surface area contributed by atoms with Crippen LogP contribution in [0.1, 0.15) is 29.6 Å². The molecule has 0 unspecified atom stereocenters. The van der Waals surface area contributed by atoms with Crippen LogP contribution in [-0.4, -0.2) is 25.5 Å². The maximum atomic E-state index is 11.9. The molecule has 1 fully saturated rings. The first-order valence-electron chi connectivity index (χ1n) is 6.46. The van der Waals surface area contributed by atoms with E-state index in [1.807, 2.05) is 0 Å². The van der Waals surface area contributed by atoms with Crippen molar-refractivity contribution in [1.82, 2.24) is 0 Å². The van der Waals surface area contributed by atoms with Crippen molar-refractivity contribution in [2.75, 3.05) is 19.8 Å². The molecule has 1 saturated carbocycles. The number of ketones is 1. The normalized spacial score (nSPS) is 19.1. The zero-order chi connectivity index (χ0) is 13.5. The van der Waals surface area contributed by atoms with Crippen molar-refractivity contribution < 1.29 is 14.3 Å². The molecule has 1 aliphatic carbocycles. The molecule has 2 N–H and O–H groups in total. The first-order chi connectivity index (χ1) is 9.13. The van der Waals surface area contributed by atoms with Gasteiger partial charge in [-0.15, -0.1) is 0 Å². The fourth-order valence-electron chi connectivity index (χ4n) is 2.22. The lowest BCUT2D eigenvalue weighted by Gasteiger charge is -2.11. The van der Waals surface area contributed by atoms with Crippen LogP contribution in [0.15, 0.2) is 16.6 Å². The molecule has 1 spiro atoms. The Bertz CT molecular complexity index is 526. The van der Waals surface area contributed by atoms with Gasteiger partial charge in [-0.3, -0.25) is 4.79 Å². The molecule has 102 valence electrons. The highest BCUT2D eigenvalue weighted by molar-refractivity contribution is 9.10. The molecule has 5 heteroatoms. The van der Waals surface area contributed by atoms with Crippen LogP contribution >= 0.6 is 15.9 Å². The summed E-state index contributed by atoms with van der Waals surface area (Å²) >= 11 is 3.46. The van der Waals surface area contributed by atoms with Crippen molar-refractivity contribution >= 4 is 21.7 Å². The topological polar surface area (TPSA) is 61.6 Å². The minimum Gasteiger partial charge on any atom is -0.489 e. The van der Waals surface area contributed by atoms with Crippen molar-refractivity contribution in [3.05, 3.63) is 22.2 Å². The molecule has 19 heavy (non-hydrogen) atoms. The smallest absolute Gasteiger partial charge is 0.175 e. The summed E-state index contributed by atoms with van der Waals surface area (Å²) in [5.41, 5.74) is 6.23. The molecule has 4 nitrogen and oxygen atoms in total. The van der Waals surface area contributed by atoms with Gasteiger partial charge in [0.2, 0.25) is 0 Å². The van der Waals surface area contributed by atoms with Gasteiger partial charge >= 0.3 is 0 Å². The van der Waals surface area contributed by atoms with Crippen LogP contribution in [0.2, 0.25) is 0 Å². The molecule has 0 radical (unpaired) electrons. The van der Waals surface area contributed by atoms with Gasteiger partial charge in [-0.25, -0.2) is 0 Å². The van der Waals surface area contributed by atoms with E-state index < -0.39 is 0 Å². The number of halogens is 1. The van der Waals surface area contributed by atoms with E-state index in [0.717, 1.165) is 17.3 Å². The van der Waals surface area contributed by atoms with Crippen molar-refractivity contribution in [1.29, 1.82) is 0 Å². The van der Waals surface area contributed by atoms with Gasteiger partial charge in [0, 0.05) is 17.4 Å². The third kappa shape index (κ3) is 2.49. The largest absolute Gasteiger partial charge is 0.489 e. The highest BCUT2D eigenvalue weighted by atomic mass is 79.9. The maximum Gasteiger partial charge on any atom is 0.175 e. The zero-order valence-electron chi connectivity index (χ0n) is 10.6. The second-order valence-corrected chi connectivity index (χ2v) is 6.18. The summed E-state index contributed by atoms with van der Waals surface area (Å²) in [6.07, 6.45) is 2.64. The number of rotatable bonds is 3. The predicted molar refractivity (Wildman–Crippen MR) is 74.8 cm³/mol. The van der Waals surface area contributed by atoms with Crippen molar-refractivity contribution in [2.45, 2.75) is 19.3 Å². The summed E-state index contributed by atoms with van der Waals surface area (Å²) in [7, 11) is 0. The highest BCUT2D eigenvalue weighted by Crippen LogP contribution is 2.50. The number of nitrogens with two attached hydrogens (primary N) is 1. The van der Waals surface area contributed by atoms with Crippen molar-refractivity contribution in [3.63, 3.8) is 0 Å². The standard InChI is InChI=1S/C14H16BrNO3/c15-10-5-9(11(17)1-4-16)6-12-13(10)19-8-14(2-3-14)7-18-12/h5-6H,1-4,7-8,16H2. The van der Waals surface area contributed by atoms with E-state index >= 15 is 0 Å². The molecule has 0 aromatic heterocycles. The van der Waals surface area contributed by atoms with Gasteiger partial charge < -0.3 is 15.2 Å². The number of carbonyl (C=O) groups excluding carboxylic acids is 1. The minimum atomic E-state index is 0.0278. The molecule has 1 aromatic rings. The van der Waals surface area contributed by atoms with E-state index in [2.05, 4.69) is 15.9 Å². The van der Waals surface area contributed by atoms with Gasteiger partial charge in [-0.1, -0.05) is 0 Å². The van der Waals surface area contributed by atoms with Crippen LogP contribution in [0.3, 0.4) is 0 Å². The summed E-state index contributed by atoms with van der Waals surface area (Å²) in [5, 5.41) is 0. The molecule has 1 aliphatic heterocycles. The average Bonchev–Trinajstić information content (AvgIpc) is 3.18. The van der Waals surface area contributed by atoms with E-state index in [-0.39, 0.29) is 11.2 Å². The SMILES string of the molecule is NCCC(=O)c1cc(Br)c2c(c1)OCC1(CC1)CO2. The van der Waals surface area contributed by atoms with E-state index in [1.54, 1.807) is 12.1 Å². The maximum absolute atomic E-state index is 11.9. The van der Waals surface area contributed by atoms with Gasteiger partial charge in [0.1, 0.15) is 0 Å². The lowest BCUT2D eigenvalue weighted by atomic mass is 10.1. The summed E-state index contributed by atoms with van der Waals surface area (Å²) in [6.45, 7) is 1.71. The van der Waals surface area contributed by atoms with Gasteiger partial charge in [-0.2, -0.15) is 0 Å². The van der Waals surface area contributed by atoms with E-state index in [9.17, 15) is 4.79 Å². The number of Topliss-reactive ketones (excluding diaryl/α,β-unsaturated/α-hetero) is 1. The number of benzene rings is 1. The predicted octanol–water partition coefficient (Wildman–Crippen LogP) is 2.53. The fourth-order valence-corrected chi connectivity index (χ4v) is 2.77. The Balaban J connectivity index is 1.91. The molecule has 1 aromatic carbocycles. The molecule has 3 rings (SSSR count). The summed E-state index contributed by atoms with van der Waals surface area (Å²) in [4.78, 5) is 11.9. The quantitative estimate of drug-likeness (QED) is 0.867. The fraction of sp³-hybridized carbons (Fsp3) is 0.500. The van der Waals surface area contributed by atoms with Crippen LogP contribution in [0.4, 0.5) is 0 Å². The van der Waals surface area contributed by atoms with E-state index in [0.29, 0.717) is 43.2 Å². The molecular weight excluding hydrogens is 310 g/mol. The lowest BCUT2D eigenvalue weighted by molar-refractivity contribution is 0.0985. The second kappa shape index (κ2) is 4.80. The molecular formula is C14H16BrNO3. The Morgan fingerprint density at radius 1 is 1.32 bits per heavy atom. The van der Waals surface area contributed by atoms with Gasteiger partial charge in [0.15, 0.2) is 17.3 Å². The monoisotopic (exact) mass is 325 g/mol. The Labute approximate surface area is 120 Å². The molecule has 0 saturated heterocycles. The Hall–Kier alpha value is -1.07. The second-order valence-electron chi connectivity index (χ2n) is 5.32. The van der Waals surface area contributed by atoms with Crippen molar-refractivity contribution in [3.8, 4) is 11.5 Å².